The molecular formula is C21H23ClN6O2. The zero-order valence-electron chi connectivity index (χ0n) is 16.6. The van der Waals surface area contributed by atoms with E-state index < -0.39 is 0 Å². The number of benzene rings is 1. The summed E-state index contributed by atoms with van der Waals surface area (Å²) < 4.78 is 6.05. The fourth-order valence-electron chi connectivity index (χ4n) is 3.40. The Morgan fingerprint density at radius 2 is 2.20 bits per heavy atom. The Hall–Kier alpha value is -3.10. The van der Waals surface area contributed by atoms with Crippen molar-refractivity contribution in [1.82, 2.24) is 25.4 Å². The van der Waals surface area contributed by atoms with Crippen LogP contribution in [-0.2, 0) is 4.79 Å². The monoisotopic (exact) mass is 426 g/mol. The molecule has 8 nitrogen and oxygen atoms in total. The number of hydrogen-bond donors (Lipinski definition) is 3. The van der Waals surface area contributed by atoms with Gasteiger partial charge in [-0.1, -0.05) is 17.7 Å². The van der Waals surface area contributed by atoms with Crippen LogP contribution in [-0.4, -0.2) is 58.7 Å². The van der Waals surface area contributed by atoms with Gasteiger partial charge in [0.2, 0.25) is 5.91 Å². The minimum Gasteiger partial charge on any atom is -0.456 e. The van der Waals surface area contributed by atoms with E-state index in [4.69, 9.17) is 16.3 Å². The standard InChI is InChI=1S/C21H23ClN6O2/c1-23-10-2-3-18(29)28-12-9-15(13-28)25-21-19-17(8-11-24-20(19)26-27-21)30-16-6-4-14(22)5-7-16/h2-8,11,15,23H,9-10,12-13H2,1H3,(H2,24,25,26,27)/b3-2+/t15-/m1/s1. The van der Waals surface area contributed by atoms with Crippen LogP contribution < -0.4 is 15.4 Å². The van der Waals surface area contributed by atoms with Crippen molar-refractivity contribution in [3.8, 4) is 11.5 Å². The Labute approximate surface area is 179 Å². The minimum atomic E-state index is 0.0230. The lowest BCUT2D eigenvalue weighted by Gasteiger charge is -2.15. The van der Waals surface area contributed by atoms with Gasteiger partial charge in [-0.05, 0) is 37.7 Å². The Kier molecular flexibility index (Phi) is 6.15. The molecule has 0 aliphatic carbocycles. The maximum Gasteiger partial charge on any atom is 0.246 e. The van der Waals surface area contributed by atoms with Gasteiger partial charge in [0.1, 0.15) is 16.9 Å². The third-order valence-electron chi connectivity index (χ3n) is 4.89. The Bertz CT molecular complexity index is 1050. The zero-order chi connectivity index (χ0) is 20.9. The van der Waals surface area contributed by atoms with Gasteiger partial charge < -0.3 is 20.3 Å². The Balaban J connectivity index is 1.48. The second-order valence-electron chi connectivity index (χ2n) is 7.04. The van der Waals surface area contributed by atoms with E-state index in [1.165, 1.54) is 0 Å². The van der Waals surface area contributed by atoms with Gasteiger partial charge in [0, 0.05) is 49.0 Å². The van der Waals surface area contributed by atoms with Crippen molar-refractivity contribution in [3.63, 3.8) is 0 Å². The van der Waals surface area contributed by atoms with Crippen molar-refractivity contribution in [2.24, 2.45) is 0 Å². The largest absolute Gasteiger partial charge is 0.456 e. The van der Waals surface area contributed by atoms with Gasteiger partial charge >= 0.3 is 0 Å². The lowest BCUT2D eigenvalue weighted by molar-refractivity contribution is -0.125. The van der Waals surface area contributed by atoms with E-state index in [2.05, 4.69) is 25.8 Å². The summed E-state index contributed by atoms with van der Waals surface area (Å²) in [6.45, 7) is 1.99. The van der Waals surface area contributed by atoms with Gasteiger partial charge in [0.15, 0.2) is 11.5 Å². The van der Waals surface area contributed by atoms with Crippen molar-refractivity contribution < 1.29 is 9.53 Å². The SMILES string of the molecule is CNC/C=C/C(=O)N1CC[C@@H](Nc2n[nH]c3nccc(Oc4ccc(Cl)cc4)c23)C1. The van der Waals surface area contributed by atoms with Gasteiger partial charge in [0.25, 0.3) is 0 Å². The molecule has 1 aliphatic heterocycles. The van der Waals surface area contributed by atoms with Gasteiger partial charge in [-0.25, -0.2) is 4.98 Å². The number of pyridine rings is 1. The molecule has 0 unspecified atom stereocenters. The highest BCUT2D eigenvalue weighted by atomic mass is 35.5. The molecule has 1 saturated heterocycles. The molecule has 0 bridgehead atoms. The molecule has 1 atom stereocenters. The molecule has 2 aromatic heterocycles. The third kappa shape index (κ3) is 4.55. The zero-order valence-corrected chi connectivity index (χ0v) is 17.3. The number of rotatable bonds is 7. The van der Waals surface area contributed by atoms with Crippen molar-refractivity contribution in [2.75, 3.05) is 32.0 Å². The van der Waals surface area contributed by atoms with Crippen LogP contribution in [0, 0.1) is 0 Å². The van der Waals surface area contributed by atoms with E-state index in [-0.39, 0.29) is 11.9 Å². The molecule has 3 N–H and O–H groups in total. The molecule has 3 aromatic rings. The first-order valence-electron chi connectivity index (χ1n) is 9.77. The smallest absolute Gasteiger partial charge is 0.246 e. The number of hydrogen-bond acceptors (Lipinski definition) is 6. The number of ether oxygens (including phenoxy) is 1. The van der Waals surface area contributed by atoms with Crippen LogP contribution >= 0.6 is 11.6 Å². The average Bonchev–Trinajstić information content (AvgIpc) is 3.38. The maximum atomic E-state index is 12.3. The third-order valence-corrected chi connectivity index (χ3v) is 5.14. The molecule has 1 aliphatic rings. The lowest BCUT2D eigenvalue weighted by atomic mass is 10.2. The highest BCUT2D eigenvalue weighted by Gasteiger charge is 2.26. The molecule has 1 aromatic carbocycles. The minimum absolute atomic E-state index is 0.0230. The molecule has 1 fully saturated rings. The van der Waals surface area contributed by atoms with Crippen LogP contribution in [0.5, 0.6) is 11.5 Å². The molecule has 9 heteroatoms. The molecule has 156 valence electrons. The Morgan fingerprint density at radius 3 is 3.00 bits per heavy atom. The molecule has 0 spiro atoms. The van der Waals surface area contributed by atoms with Crippen molar-refractivity contribution in [2.45, 2.75) is 12.5 Å². The highest BCUT2D eigenvalue weighted by Crippen LogP contribution is 2.33. The maximum absolute atomic E-state index is 12.3. The average molecular weight is 427 g/mol. The van der Waals surface area contributed by atoms with Crippen molar-refractivity contribution >= 4 is 34.4 Å². The molecule has 0 radical (unpaired) electrons. The van der Waals surface area contributed by atoms with Crippen molar-refractivity contribution in [1.29, 1.82) is 0 Å². The number of nitrogens with zero attached hydrogens (tertiary/aromatic N) is 3. The quantitative estimate of drug-likeness (QED) is 0.502. The summed E-state index contributed by atoms with van der Waals surface area (Å²) in [5.74, 6) is 1.99. The fourth-order valence-corrected chi connectivity index (χ4v) is 3.52. The number of carbonyl (C=O) groups is 1. The molecule has 3 heterocycles. The number of halogens is 1. The molecule has 4 rings (SSSR count). The predicted octanol–water partition coefficient (Wildman–Crippen LogP) is 3.19. The summed E-state index contributed by atoms with van der Waals surface area (Å²) in [5.41, 5.74) is 0.630. The van der Waals surface area contributed by atoms with Crippen LogP contribution in [0.15, 0.2) is 48.7 Å². The summed E-state index contributed by atoms with van der Waals surface area (Å²) in [7, 11) is 1.85. The first kappa shape index (κ1) is 20.2. The van der Waals surface area contributed by atoms with Crippen molar-refractivity contribution in [3.05, 3.63) is 53.7 Å². The second-order valence-corrected chi connectivity index (χ2v) is 7.47. The van der Waals surface area contributed by atoms with Crippen LogP contribution in [0.25, 0.3) is 11.0 Å². The number of carbonyl (C=O) groups excluding carboxylic acids is 1. The van der Waals surface area contributed by atoms with E-state index in [9.17, 15) is 4.79 Å². The number of fused-ring (bicyclic) bond motifs is 1. The van der Waals surface area contributed by atoms with Gasteiger partial charge in [-0.3, -0.25) is 9.89 Å². The normalized spacial score (nSPS) is 16.5. The fraction of sp³-hybridized carbons (Fsp3) is 0.286. The second kappa shape index (κ2) is 9.15. The summed E-state index contributed by atoms with van der Waals surface area (Å²) >= 11 is 5.96. The van der Waals surface area contributed by atoms with E-state index in [0.717, 1.165) is 11.8 Å². The van der Waals surface area contributed by atoms with Crippen LogP contribution in [0.4, 0.5) is 5.82 Å². The molecule has 1 amide bonds. The topological polar surface area (TPSA) is 95.2 Å². The molecule has 0 saturated carbocycles. The summed E-state index contributed by atoms with van der Waals surface area (Å²) in [6, 6.07) is 9.07. The summed E-state index contributed by atoms with van der Waals surface area (Å²) in [6.07, 6.45) is 5.96. The van der Waals surface area contributed by atoms with Gasteiger partial charge in [-0.15, -0.1) is 0 Å². The van der Waals surface area contributed by atoms with Gasteiger partial charge in [-0.2, -0.15) is 5.10 Å². The highest BCUT2D eigenvalue weighted by molar-refractivity contribution is 6.30. The van der Waals surface area contributed by atoms with Crippen LogP contribution in [0.3, 0.4) is 0 Å². The number of likely N-dealkylation sites (N-methyl/N-ethyl adjacent to an activating group) is 1. The lowest BCUT2D eigenvalue weighted by Crippen LogP contribution is -2.30. The van der Waals surface area contributed by atoms with Gasteiger partial charge in [0.05, 0.1) is 0 Å². The number of anilines is 1. The van der Waals surface area contributed by atoms with E-state index in [1.807, 2.05) is 30.2 Å². The van der Waals surface area contributed by atoms with E-state index >= 15 is 0 Å². The van der Waals surface area contributed by atoms with Crippen LogP contribution in [0.2, 0.25) is 5.02 Å². The Morgan fingerprint density at radius 1 is 1.37 bits per heavy atom. The first-order chi connectivity index (χ1) is 14.6. The van der Waals surface area contributed by atoms with E-state index in [1.54, 1.807) is 30.5 Å². The summed E-state index contributed by atoms with van der Waals surface area (Å²) in [4.78, 5) is 18.5. The number of aromatic nitrogens is 3. The number of H-pyrrole nitrogens is 1. The van der Waals surface area contributed by atoms with E-state index in [0.29, 0.717) is 47.6 Å². The number of nitrogens with one attached hydrogen (secondary N) is 3. The number of aromatic amines is 1. The first-order valence-corrected chi connectivity index (χ1v) is 10.1. The van der Waals surface area contributed by atoms with Crippen LogP contribution in [0.1, 0.15) is 6.42 Å². The summed E-state index contributed by atoms with van der Waals surface area (Å²) in [5, 5.41) is 15.2. The number of likely N-dealkylation sites (tertiary alicyclic amines) is 1. The molecule has 30 heavy (non-hydrogen) atoms. The number of amides is 1. The molecular weight excluding hydrogens is 404 g/mol. The predicted molar refractivity (Wildman–Crippen MR) is 117 cm³/mol.